The van der Waals surface area contributed by atoms with Crippen molar-refractivity contribution in [3.8, 4) is 0 Å². The fourth-order valence-corrected chi connectivity index (χ4v) is 4.45. The molecule has 0 radical (unpaired) electrons. The molecule has 2 aliphatic heterocycles. The highest BCUT2D eigenvalue weighted by Gasteiger charge is 2.43. The Labute approximate surface area is 158 Å². The van der Waals surface area contributed by atoms with Gasteiger partial charge in [-0.15, -0.1) is 0 Å². The Morgan fingerprint density at radius 2 is 1.56 bits per heavy atom. The highest BCUT2D eigenvalue weighted by molar-refractivity contribution is 6.22. The van der Waals surface area contributed by atoms with Crippen LogP contribution in [0.1, 0.15) is 59.4 Å². The van der Waals surface area contributed by atoms with Gasteiger partial charge < -0.3 is 4.90 Å². The molecular weight excluding hydrogens is 340 g/mol. The smallest absolute Gasteiger partial charge is 0.262 e. The van der Waals surface area contributed by atoms with E-state index in [-0.39, 0.29) is 12.5 Å². The number of carbonyl (C=O) groups excluding carboxylic acids is 3. The van der Waals surface area contributed by atoms with Gasteiger partial charge in [0.15, 0.2) is 0 Å². The Bertz CT molecular complexity index is 929. The fourth-order valence-electron chi connectivity index (χ4n) is 4.45. The lowest BCUT2D eigenvalue weighted by Gasteiger charge is -2.46. The highest BCUT2D eigenvalue weighted by atomic mass is 16.2. The lowest BCUT2D eigenvalue weighted by molar-refractivity contribution is -0.120. The largest absolute Gasteiger partial charge is 0.305 e. The third-order valence-corrected chi connectivity index (χ3v) is 5.54. The van der Waals surface area contributed by atoms with Crippen molar-refractivity contribution in [2.45, 2.75) is 38.6 Å². The first-order valence-electron chi connectivity index (χ1n) is 9.18. The molecule has 5 nitrogen and oxygen atoms in total. The molecule has 0 bridgehead atoms. The summed E-state index contributed by atoms with van der Waals surface area (Å²) < 4.78 is 0. The molecule has 2 aromatic rings. The van der Waals surface area contributed by atoms with Crippen LogP contribution in [0.4, 0.5) is 5.69 Å². The van der Waals surface area contributed by atoms with Crippen LogP contribution in [0.5, 0.6) is 0 Å². The number of imide groups is 1. The molecule has 3 amide bonds. The molecule has 2 aromatic carbocycles. The Morgan fingerprint density at radius 3 is 2.19 bits per heavy atom. The number of para-hydroxylation sites is 1. The molecular formula is C22H22N2O3. The van der Waals surface area contributed by atoms with E-state index in [2.05, 4.69) is 6.92 Å². The zero-order valence-corrected chi connectivity index (χ0v) is 15.7. The van der Waals surface area contributed by atoms with Crippen molar-refractivity contribution in [2.24, 2.45) is 0 Å². The summed E-state index contributed by atoms with van der Waals surface area (Å²) in [6, 6.07) is 14.6. The average molecular weight is 362 g/mol. The van der Waals surface area contributed by atoms with Gasteiger partial charge in [-0.3, -0.25) is 19.3 Å². The van der Waals surface area contributed by atoms with Crippen LogP contribution in [-0.4, -0.2) is 34.7 Å². The van der Waals surface area contributed by atoms with Gasteiger partial charge in [-0.25, -0.2) is 0 Å². The number of rotatable bonds is 2. The number of hydrogen-bond donors (Lipinski definition) is 0. The minimum Gasteiger partial charge on any atom is -0.305 e. The number of hydrogen-bond acceptors (Lipinski definition) is 3. The van der Waals surface area contributed by atoms with Crippen LogP contribution in [0.15, 0.2) is 48.5 Å². The summed E-state index contributed by atoms with van der Waals surface area (Å²) in [5, 5.41) is 0. The van der Waals surface area contributed by atoms with Gasteiger partial charge in [-0.2, -0.15) is 0 Å². The number of carbonyl (C=O) groups is 3. The molecule has 0 aliphatic carbocycles. The van der Waals surface area contributed by atoms with Crippen molar-refractivity contribution < 1.29 is 14.4 Å². The van der Waals surface area contributed by atoms with Crippen molar-refractivity contribution >= 4 is 23.4 Å². The van der Waals surface area contributed by atoms with E-state index in [4.69, 9.17) is 0 Å². The van der Waals surface area contributed by atoms with Crippen LogP contribution in [0.3, 0.4) is 0 Å². The highest BCUT2D eigenvalue weighted by Crippen LogP contribution is 2.43. The second kappa shape index (κ2) is 6.05. The van der Waals surface area contributed by atoms with Crippen molar-refractivity contribution in [1.29, 1.82) is 0 Å². The van der Waals surface area contributed by atoms with Gasteiger partial charge >= 0.3 is 0 Å². The Balaban J connectivity index is 1.67. The van der Waals surface area contributed by atoms with Crippen LogP contribution in [0.25, 0.3) is 0 Å². The lowest BCUT2D eigenvalue weighted by Crippen LogP contribution is -2.55. The summed E-state index contributed by atoms with van der Waals surface area (Å²) in [5.74, 6) is -0.714. The molecule has 138 valence electrons. The number of benzene rings is 2. The second-order valence-electron chi connectivity index (χ2n) is 7.95. The van der Waals surface area contributed by atoms with Crippen LogP contribution in [0, 0.1) is 0 Å². The molecule has 0 aromatic heterocycles. The van der Waals surface area contributed by atoms with Gasteiger partial charge in [0.2, 0.25) is 5.91 Å². The number of anilines is 1. The summed E-state index contributed by atoms with van der Waals surface area (Å²) in [5.41, 5.74) is 2.31. The molecule has 27 heavy (non-hydrogen) atoms. The van der Waals surface area contributed by atoms with Gasteiger partial charge in [0.25, 0.3) is 11.8 Å². The fraction of sp³-hybridized carbons (Fsp3) is 0.318. The van der Waals surface area contributed by atoms with Crippen LogP contribution in [0.2, 0.25) is 0 Å². The zero-order chi connectivity index (χ0) is 19.3. The van der Waals surface area contributed by atoms with Gasteiger partial charge in [0.1, 0.15) is 6.54 Å². The van der Waals surface area contributed by atoms with E-state index in [1.54, 1.807) is 29.2 Å². The predicted octanol–water partition coefficient (Wildman–Crippen LogP) is 3.60. The standard InChI is InChI=1S/C22H22N2O3/c1-14-12-22(2,3)24(18-11-7-6-8-15(14)18)19(25)13-23-20(26)16-9-4-5-10-17(16)21(23)27/h4-11,14H,12-13H2,1-3H3/t14-/m1/s1. The molecule has 5 heteroatoms. The molecule has 0 saturated heterocycles. The summed E-state index contributed by atoms with van der Waals surface area (Å²) in [4.78, 5) is 41.3. The molecule has 2 heterocycles. The van der Waals surface area contributed by atoms with E-state index in [9.17, 15) is 14.4 Å². The zero-order valence-electron chi connectivity index (χ0n) is 15.7. The SMILES string of the molecule is C[C@@H]1CC(C)(C)N(C(=O)CN2C(=O)c3ccccc3C2=O)c2ccccc21. The minimum atomic E-state index is -0.402. The maximum Gasteiger partial charge on any atom is 0.262 e. The second-order valence-corrected chi connectivity index (χ2v) is 7.95. The first kappa shape index (κ1) is 17.5. The molecule has 0 saturated carbocycles. The van der Waals surface area contributed by atoms with E-state index < -0.39 is 17.4 Å². The van der Waals surface area contributed by atoms with E-state index in [1.165, 1.54) is 0 Å². The van der Waals surface area contributed by atoms with Crippen molar-refractivity contribution in [2.75, 3.05) is 11.4 Å². The van der Waals surface area contributed by atoms with Gasteiger partial charge in [-0.05, 0) is 49.9 Å². The normalized spacial score (nSPS) is 20.5. The molecule has 2 aliphatic rings. The van der Waals surface area contributed by atoms with Crippen LogP contribution < -0.4 is 4.90 Å². The molecule has 0 fully saturated rings. The molecule has 0 N–H and O–H groups in total. The monoisotopic (exact) mass is 362 g/mol. The summed E-state index contributed by atoms with van der Waals surface area (Å²) in [6.45, 7) is 5.96. The quantitative estimate of drug-likeness (QED) is 0.767. The summed E-state index contributed by atoms with van der Waals surface area (Å²) >= 11 is 0. The maximum atomic E-state index is 13.3. The number of amides is 3. The maximum absolute atomic E-state index is 13.3. The van der Waals surface area contributed by atoms with Crippen LogP contribution >= 0.6 is 0 Å². The number of fused-ring (bicyclic) bond motifs is 2. The summed E-state index contributed by atoms with van der Waals surface area (Å²) in [6.07, 6.45) is 0.817. The van der Waals surface area contributed by atoms with Crippen LogP contribution in [-0.2, 0) is 4.79 Å². The molecule has 1 atom stereocenters. The van der Waals surface area contributed by atoms with Crippen molar-refractivity contribution in [3.05, 3.63) is 65.2 Å². The minimum absolute atomic E-state index is 0.242. The average Bonchev–Trinajstić information content (AvgIpc) is 2.86. The third-order valence-electron chi connectivity index (χ3n) is 5.54. The number of nitrogens with zero attached hydrogens (tertiary/aromatic N) is 2. The van der Waals surface area contributed by atoms with E-state index in [1.807, 2.05) is 38.1 Å². The first-order valence-corrected chi connectivity index (χ1v) is 9.18. The van der Waals surface area contributed by atoms with E-state index in [0.717, 1.165) is 22.6 Å². The van der Waals surface area contributed by atoms with Gasteiger partial charge in [0, 0.05) is 11.2 Å². The summed E-state index contributed by atoms with van der Waals surface area (Å²) in [7, 11) is 0. The molecule has 0 unspecified atom stereocenters. The predicted molar refractivity (Wildman–Crippen MR) is 103 cm³/mol. The van der Waals surface area contributed by atoms with Gasteiger partial charge in [0.05, 0.1) is 11.1 Å². The van der Waals surface area contributed by atoms with E-state index in [0.29, 0.717) is 17.0 Å². The topological polar surface area (TPSA) is 57.7 Å². The molecule has 0 spiro atoms. The van der Waals surface area contributed by atoms with Gasteiger partial charge in [-0.1, -0.05) is 37.3 Å². The Morgan fingerprint density at radius 1 is 1.00 bits per heavy atom. The Hall–Kier alpha value is -2.95. The Kier molecular flexibility index (Phi) is 3.91. The third kappa shape index (κ3) is 2.65. The molecule has 4 rings (SSSR count). The van der Waals surface area contributed by atoms with Crippen molar-refractivity contribution in [3.63, 3.8) is 0 Å². The van der Waals surface area contributed by atoms with E-state index >= 15 is 0 Å². The first-order chi connectivity index (χ1) is 12.8. The van der Waals surface area contributed by atoms with Crippen molar-refractivity contribution in [1.82, 2.24) is 4.90 Å². The lowest BCUT2D eigenvalue weighted by atomic mass is 9.80.